The highest BCUT2D eigenvalue weighted by Gasteiger charge is 2.20. The SMILES string of the molecule is O=C(NCc1nnnn1C1CCCCC1)c1ccc(Cl)cc1Cl. The Morgan fingerprint density at radius 1 is 1.26 bits per heavy atom. The normalized spacial score (nSPS) is 15.6. The lowest BCUT2D eigenvalue weighted by molar-refractivity contribution is 0.0949. The van der Waals surface area contributed by atoms with Crippen LogP contribution in [0.4, 0.5) is 0 Å². The number of rotatable bonds is 4. The Morgan fingerprint density at radius 2 is 2.04 bits per heavy atom. The van der Waals surface area contributed by atoms with Crippen molar-refractivity contribution in [3.05, 3.63) is 39.6 Å². The molecule has 6 nitrogen and oxygen atoms in total. The summed E-state index contributed by atoms with van der Waals surface area (Å²) in [5.74, 6) is 0.389. The zero-order chi connectivity index (χ0) is 16.2. The molecule has 0 atom stereocenters. The minimum atomic E-state index is -0.273. The lowest BCUT2D eigenvalue weighted by atomic mass is 9.95. The van der Waals surface area contributed by atoms with Crippen LogP contribution >= 0.6 is 23.2 Å². The van der Waals surface area contributed by atoms with Crippen LogP contribution in [-0.2, 0) is 6.54 Å². The molecule has 1 amide bonds. The molecule has 0 radical (unpaired) electrons. The summed E-state index contributed by atoms with van der Waals surface area (Å²) in [7, 11) is 0. The van der Waals surface area contributed by atoms with E-state index in [0.717, 1.165) is 12.8 Å². The summed E-state index contributed by atoms with van der Waals surface area (Å²) in [6.45, 7) is 0.265. The number of hydrogen-bond acceptors (Lipinski definition) is 4. The molecule has 0 bridgehead atoms. The number of carbonyl (C=O) groups excluding carboxylic acids is 1. The Bertz CT molecular complexity index is 697. The molecule has 1 aliphatic rings. The van der Waals surface area contributed by atoms with Crippen LogP contribution in [0.1, 0.15) is 54.3 Å². The molecule has 23 heavy (non-hydrogen) atoms. The van der Waals surface area contributed by atoms with Gasteiger partial charge in [-0.2, -0.15) is 0 Å². The predicted molar refractivity (Wildman–Crippen MR) is 87.6 cm³/mol. The summed E-state index contributed by atoms with van der Waals surface area (Å²) in [6.07, 6.45) is 5.80. The Morgan fingerprint density at radius 3 is 2.78 bits per heavy atom. The van der Waals surface area contributed by atoms with Gasteiger partial charge in [0.25, 0.3) is 5.91 Å². The first-order valence-electron chi connectivity index (χ1n) is 7.65. The van der Waals surface area contributed by atoms with E-state index >= 15 is 0 Å². The Hall–Kier alpha value is -1.66. The molecular formula is C15H17Cl2N5O. The summed E-state index contributed by atoms with van der Waals surface area (Å²) in [5, 5.41) is 15.5. The van der Waals surface area contributed by atoms with Gasteiger partial charge in [0, 0.05) is 5.02 Å². The maximum atomic E-state index is 12.2. The predicted octanol–water partition coefficient (Wildman–Crippen LogP) is 3.42. The molecule has 0 unspecified atom stereocenters. The van der Waals surface area contributed by atoms with Gasteiger partial charge in [0.2, 0.25) is 0 Å². The first-order chi connectivity index (χ1) is 11.1. The minimum Gasteiger partial charge on any atom is -0.345 e. The summed E-state index contributed by atoms with van der Waals surface area (Å²) in [6, 6.07) is 5.10. The summed E-state index contributed by atoms with van der Waals surface area (Å²) in [5.41, 5.74) is 0.382. The highest BCUT2D eigenvalue weighted by molar-refractivity contribution is 6.36. The van der Waals surface area contributed by atoms with Gasteiger partial charge >= 0.3 is 0 Å². The second kappa shape index (κ2) is 7.27. The Kier molecular flexibility index (Phi) is 5.13. The highest BCUT2D eigenvalue weighted by atomic mass is 35.5. The smallest absolute Gasteiger partial charge is 0.253 e. The molecule has 0 aliphatic heterocycles. The van der Waals surface area contributed by atoms with E-state index in [2.05, 4.69) is 20.8 Å². The molecule has 1 aromatic heterocycles. The first kappa shape index (κ1) is 16.2. The van der Waals surface area contributed by atoms with E-state index in [4.69, 9.17) is 23.2 Å². The van der Waals surface area contributed by atoms with E-state index in [0.29, 0.717) is 27.5 Å². The molecule has 1 aromatic carbocycles. The number of benzene rings is 1. The van der Waals surface area contributed by atoms with Gasteiger partial charge in [-0.15, -0.1) is 5.10 Å². The fourth-order valence-electron chi connectivity index (χ4n) is 2.87. The van der Waals surface area contributed by atoms with Crippen molar-refractivity contribution >= 4 is 29.1 Å². The molecule has 0 saturated heterocycles. The molecule has 0 spiro atoms. The number of halogens is 2. The molecule has 3 rings (SSSR count). The fraction of sp³-hybridized carbons (Fsp3) is 0.467. The van der Waals surface area contributed by atoms with Gasteiger partial charge in [-0.05, 0) is 41.5 Å². The third kappa shape index (κ3) is 3.82. The monoisotopic (exact) mass is 353 g/mol. The molecule has 1 N–H and O–H groups in total. The number of carbonyl (C=O) groups is 1. The van der Waals surface area contributed by atoms with Gasteiger partial charge in [-0.3, -0.25) is 4.79 Å². The molecule has 2 aromatic rings. The zero-order valence-electron chi connectivity index (χ0n) is 12.5. The van der Waals surface area contributed by atoms with Gasteiger partial charge in [0.1, 0.15) is 0 Å². The minimum absolute atomic E-state index is 0.265. The molecule has 1 saturated carbocycles. The quantitative estimate of drug-likeness (QED) is 0.913. The van der Waals surface area contributed by atoms with E-state index in [1.54, 1.807) is 18.2 Å². The lowest BCUT2D eigenvalue weighted by Gasteiger charge is -2.22. The summed E-state index contributed by atoms with van der Waals surface area (Å²) >= 11 is 11.9. The largest absolute Gasteiger partial charge is 0.345 e. The number of hydrogen-bond donors (Lipinski definition) is 1. The van der Waals surface area contributed by atoms with Crippen molar-refractivity contribution in [3.63, 3.8) is 0 Å². The standard InChI is InChI=1S/C15H17Cl2N5O/c16-10-6-7-12(13(17)8-10)15(23)18-9-14-19-20-21-22(14)11-4-2-1-3-5-11/h6-8,11H,1-5,9H2,(H,18,23). The number of aromatic nitrogens is 4. The van der Waals surface area contributed by atoms with E-state index < -0.39 is 0 Å². The number of nitrogens with one attached hydrogen (secondary N) is 1. The maximum absolute atomic E-state index is 12.2. The average Bonchev–Trinajstić information content (AvgIpc) is 3.02. The molecule has 8 heteroatoms. The molecule has 122 valence electrons. The molecule has 1 fully saturated rings. The van der Waals surface area contributed by atoms with Crippen LogP contribution in [0.25, 0.3) is 0 Å². The van der Waals surface area contributed by atoms with E-state index in [9.17, 15) is 4.79 Å². The van der Waals surface area contributed by atoms with Crippen LogP contribution < -0.4 is 5.32 Å². The van der Waals surface area contributed by atoms with Crippen molar-refractivity contribution in [2.45, 2.75) is 44.7 Å². The van der Waals surface area contributed by atoms with Crippen LogP contribution in [-0.4, -0.2) is 26.1 Å². The van der Waals surface area contributed by atoms with Crippen molar-refractivity contribution in [2.75, 3.05) is 0 Å². The van der Waals surface area contributed by atoms with Crippen LogP contribution in [0, 0.1) is 0 Å². The second-order valence-corrected chi connectivity index (χ2v) is 6.48. The third-order valence-corrected chi connectivity index (χ3v) is 4.61. The summed E-state index contributed by atoms with van der Waals surface area (Å²) < 4.78 is 1.84. The van der Waals surface area contributed by atoms with E-state index in [1.165, 1.54) is 19.3 Å². The summed E-state index contributed by atoms with van der Waals surface area (Å²) in [4.78, 5) is 12.2. The molecule has 1 aliphatic carbocycles. The van der Waals surface area contributed by atoms with Crippen molar-refractivity contribution in [2.24, 2.45) is 0 Å². The van der Waals surface area contributed by atoms with Crippen LogP contribution in [0.5, 0.6) is 0 Å². The van der Waals surface area contributed by atoms with Crippen LogP contribution in [0.15, 0.2) is 18.2 Å². The molecule has 1 heterocycles. The highest BCUT2D eigenvalue weighted by Crippen LogP contribution is 2.27. The van der Waals surface area contributed by atoms with Gasteiger partial charge in [0.15, 0.2) is 5.82 Å². The zero-order valence-corrected chi connectivity index (χ0v) is 14.0. The van der Waals surface area contributed by atoms with Crippen molar-refractivity contribution in [1.82, 2.24) is 25.5 Å². The van der Waals surface area contributed by atoms with Gasteiger partial charge in [-0.25, -0.2) is 4.68 Å². The van der Waals surface area contributed by atoms with Crippen molar-refractivity contribution < 1.29 is 4.79 Å². The number of nitrogens with zero attached hydrogens (tertiary/aromatic N) is 4. The topological polar surface area (TPSA) is 72.7 Å². The Labute approximate surface area is 144 Å². The maximum Gasteiger partial charge on any atom is 0.253 e. The number of amides is 1. The van der Waals surface area contributed by atoms with Crippen LogP contribution in [0.3, 0.4) is 0 Å². The molecular weight excluding hydrogens is 337 g/mol. The Balaban J connectivity index is 1.66. The first-order valence-corrected chi connectivity index (χ1v) is 8.41. The van der Waals surface area contributed by atoms with Crippen molar-refractivity contribution in [3.8, 4) is 0 Å². The fourth-order valence-corrected chi connectivity index (χ4v) is 3.36. The van der Waals surface area contributed by atoms with Crippen LogP contribution in [0.2, 0.25) is 10.0 Å². The van der Waals surface area contributed by atoms with E-state index in [1.807, 2.05) is 4.68 Å². The average molecular weight is 354 g/mol. The van der Waals surface area contributed by atoms with Crippen molar-refractivity contribution in [1.29, 1.82) is 0 Å². The van der Waals surface area contributed by atoms with Gasteiger partial charge in [0.05, 0.1) is 23.2 Å². The van der Waals surface area contributed by atoms with Gasteiger partial charge < -0.3 is 5.32 Å². The number of tetrazole rings is 1. The second-order valence-electron chi connectivity index (χ2n) is 5.64. The van der Waals surface area contributed by atoms with E-state index in [-0.39, 0.29) is 12.5 Å². The lowest BCUT2D eigenvalue weighted by Crippen LogP contribution is -2.26. The van der Waals surface area contributed by atoms with Gasteiger partial charge in [-0.1, -0.05) is 42.5 Å². The third-order valence-electron chi connectivity index (χ3n) is 4.06.